The number of hydrogen-bond donors (Lipinski definition) is 2. The van der Waals surface area contributed by atoms with Gasteiger partial charge in [-0.1, -0.05) is 13.3 Å². The molecule has 4 nitrogen and oxygen atoms in total. The van der Waals surface area contributed by atoms with Crippen LogP contribution in [0.25, 0.3) is 16.6 Å². The first-order valence-corrected chi connectivity index (χ1v) is 8.84. The summed E-state index contributed by atoms with van der Waals surface area (Å²) in [6, 6.07) is 3.45. The van der Waals surface area contributed by atoms with Gasteiger partial charge in [0.1, 0.15) is 11.6 Å². The zero-order valence-corrected chi connectivity index (χ0v) is 14.7. The lowest BCUT2D eigenvalue weighted by atomic mass is 10.1. The van der Waals surface area contributed by atoms with Crippen LogP contribution in [0.1, 0.15) is 50.0 Å². The van der Waals surface area contributed by atoms with Crippen molar-refractivity contribution in [3.8, 4) is 0 Å². The summed E-state index contributed by atoms with van der Waals surface area (Å²) < 4.78 is 42.0. The van der Waals surface area contributed by atoms with Gasteiger partial charge in [-0.2, -0.15) is 0 Å². The van der Waals surface area contributed by atoms with Crippen molar-refractivity contribution in [2.45, 2.75) is 51.5 Å². The number of halogens is 3. The SMILES string of the molecule is CCCCc1cc2c(cc1F)nc(C(/C=C(\N)C(F)F)=C/N)n2C1CC1. The monoisotopic (exact) mass is 364 g/mol. The average Bonchev–Trinajstić information content (AvgIpc) is 3.38. The van der Waals surface area contributed by atoms with Crippen molar-refractivity contribution in [3.05, 3.63) is 47.3 Å². The molecule has 2 aromatic rings. The Morgan fingerprint density at radius 3 is 2.69 bits per heavy atom. The molecule has 0 amide bonds. The number of imidazole rings is 1. The lowest BCUT2D eigenvalue weighted by Crippen LogP contribution is -2.09. The van der Waals surface area contributed by atoms with E-state index in [1.807, 2.05) is 10.6 Å². The van der Waals surface area contributed by atoms with Gasteiger partial charge in [-0.3, -0.25) is 0 Å². The molecular formula is C19H23F3N4. The Bertz CT molecular complexity index is 863. The molecule has 0 unspecified atom stereocenters. The predicted molar refractivity (Wildman–Crippen MR) is 97.0 cm³/mol. The fourth-order valence-corrected chi connectivity index (χ4v) is 3.05. The third kappa shape index (κ3) is 3.57. The molecule has 7 heteroatoms. The van der Waals surface area contributed by atoms with Crippen LogP contribution in [0, 0.1) is 5.82 Å². The summed E-state index contributed by atoms with van der Waals surface area (Å²) in [5, 5.41) is 0. The van der Waals surface area contributed by atoms with Gasteiger partial charge in [0.2, 0.25) is 0 Å². The lowest BCUT2D eigenvalue weighted by Gasteiger charge is -2.10. The van der Waals surface area contributed by atoms with Gasteiger partial charge in [0.15, 0.2) is 0 Å². The zero-order valence-electron chi connectivity index (χ0n) is 14.7. The highest BCUT2D eigenvalue weighted by Gasteiger charge is 2.29. The fourth-order valence-electron chi connectivity index (χ4n) is 3.05. The number of unbranched alkanes of at least 4 members (excludes halogenated alkanes) is 1. The van der Waals surface area contributed by atoms with Crippen molar-refractivity contribution in [3.63, 3.8) is 0 Å². The largest absolute Gasteiger partial charge is 0.404 e. The van der Waals surface area contributed by atoms with Crippen molar-refractivity contribution in [2.24, 2.45) is 11.5 Å². The summed E-state index contributed by atoms with van der Waals surface area (Å²) in [5.74, 6) is 0.152. The first kappa shape index (κ1) is 18.4. The minimum Gasteiger partial charge on any atom is -0.404 e. The number of alkyl halides is 2. The average molecular weight is 364 g/mol. The van der Waals surface area contributed by atoms with Crippen LogP contribution in [-0.2, 0) is 6.42 Å². The molecule has 1 saturated carbocycles. The maximum absolute atomic E-state index is 14.4. The van der Waals surface area contributed by atoms with Gasteiger partial charge in [0, 0.05) is 23.9 Å². The lowest BCUT2D eigenvalue weighted by molar-refractivity contribution is 0.188. The minimum absolute atomic E-state index is 0.218. The molecule has 0 atom stereocenters. The van der Waals surface area contributed by atoms with E-state index in [1.165, 1.54) is 12.3 Å². The highest BCUT2D eigenvalue weighted by atomic mass is 19.3. The fraction of sp³-hybridized carbons (Fsp3) is 0.421. The predicted octanol–water partition coefficient (Wildman–Crippen LogP) is 4.26. The number of aryl methyl sites for hydroxylation is 1. The molecule has 1 aliphatic rings. The zero-order chi connectivity index (χ0) is 18.8. The van der Waals surface area contributed by atoms with Crippen LogP contribution in [0.15, 0.2) is 30.1 Å². The number of fused-ring (bicyclic) bond motifs is 1. The molecule has 0 saturated heterocycles. The maximum Gasteiger partial charge on any atom is 0.277 e. The second-order valence-corrected chi connectivity index (χ2v) is 6.64. The Morgan fingerprint density at radius 2 is 2.12 bits per heavy atom. The summed E-state index contributed by atoms with van der Waals surface area (Å²) in [7, 11) is 0. The minimum atomic E-state index is -2.78. The van der Waals surface area contributed by atoms with Crippen LogP contribution in [0.2, 0.25) is 0 Å². The van der Waals surface area contributed by atoms with Gasteiger partial charge < -0.3 is 16.0 Å². The van der Waals surface area contributed by atoms with Crippen molar-refractivity contribution in [1.82, 2.24) is 9.55 Å². The Hall–Kier alpha value is -2.44. The van der Waals surface area contributed by atoms with E-state index in [1.54, 1.807) is 0 Å². The molecule has 0 spiro atoms. The highest BCUT2D eigenvalue weighted by molar-refractivity contribution is 5.83. The number of aromatic nitrogens is 2. The Balaban J connectivity index is 2.14. The first-order valence-electron chi connectivity index (χ1n) is 8.84. The molecule has 1 heterocycles. The van der Waals surface area contributed by atoms with E-state index in [0.29, 0.717) is 28.9 Å². The molecule has 0 bridgehead atoms. The van der Waals surface area contributed by atoms with E-state index in [4.69, 9.17) is 11.5 Å². The first-order chi connectivity index (χ1) is 12.5. The molecule has 140 valence electrons. The third-order valence-corrected chi connectivity index (χ3v) is 4.58. The van der Waals surface area contributed by atoms with E-state index in [9.17, 15) is 13.2 Å². The smallest absolute Gasteiger partial charge is 0.277 e. The summed E-state index contributed by atoms with van der Waals surface area (Å²) in [6.45, 7) is 2.06. The van der Waals surface area contributed by atoms with Crippen molar-refractivity contribution in [1.29, 1.82) is 0 Å². The summed E-state index contributed by atoms with van der Waals surface area (Å²) in [4.78, 5) is 4.47. The molecule has 26 heavy (non-hydrogen) atoms. The molecule has 1 aromatic heterocycles. The van der Waals surface area contributed by atoms with Gasteiger partial charge in [-0.15, -0.1) is 0 Å². The second kappa shape index (κ2) is 7.43. The van der Waals surface area contributed by atoms with E-state index in [-0.39, 0.29) is 11.9 Å². The molecule has 3 rings (SSSR count). The number of rotatable bonds is 7. The molecule has 0 aliphatic heterocycles. The van der Waals surface area contributed by atoms with Crippen LogP contribution < -0.4 is 11.5 Å². The van der Waals surface area contributed by atoms with E-state index < -0.39 is 12.1 Å². The van der Waals surface area contributed by atoms with E-state index in [0.717, 1.165) is 37.3 Å². The molecular weight excluding hydrogens is 341 g/mol. The van der Waals surface area contributed by atoms with Gasteiger partial charge in [0.05, 0.1) is 16.7 Å². The van der Waals surface area contributed by atoms with E-state index in [2.05, 4.69) is 11.9 Å². The Morgan fingerprint density at radius 1 is 1.38 bits per heavy atom. The van der Waals surface area contributed by atoms with Gasteiger partial charge in [0.25, 0.3) is 6.43 Å². The van der Waals surface area contributed by atoms with E-state index >= 15 is 0 Å². The van der Waals surface area contributed by atoms with Gasteiger partial charge in [-0.25, -0.2) is 18.2 Å². The molecule has 1 fully saturated rings. The van der Waals surface area contributed by atoms with Crippen LogP contribution in [-0.4, -0.2) is 16.0 Å². The van der Waals surface area contributed by atoms with Gasteiger partial charge in [-0.05, 0) is 43.4 Å². The summed E-state index contributed by atoms with van der Waals surface area (Å²) >= 11 is 0. The molecule has 4 N–H and O–H groups in total. The number of nitrogens with two attached hydrogens (primary N) is 2. The van der Waals surface area contributed by atoms with Gasteiger partial charge >= 0.3 is 0 Å². The van der Waals surface area contributed by atoms with Crippen LogP contribution in [0.4, 0.5) is 13.2 Å². The Kier molecular flexibility index (Phi) is 5.25. The molecule has 1 aromatic carbocycles. The van der Waals surface area contributed by atoms with Crippen LogP contribution in [0.3, 0.4) is 0 Å². The normalized spacial score (nSPS) is 16.0. The van der Waals surface area contributed by atoms with Crippen LogP contribution >= 0.6 is 0 Å². The number of allylic oxidation sites excluding steroid dienone is 3. The molecule has 1 aliphatic carbocycles. The highest BCUT2D eigenvalue weighted by Crippen LogP contribution is 2.41. The number of nitrogens with zero attached hydrogens (tertiary/aromatic N) is 2. The quantitative estimate of drug-likeness (QED) is 0.721. The maximum atomic E-state index is 14.4. The van der Waals surface area contributed by atoms with Crippen LogP contribution in [0.5, 0.6) is 0 Å². The number of benzene rings is 1. The Labute approximate surface area is 150 Å². The summed E-state index contributed by atoms with van der Waals surface area (Å²) in [6.07, 6.45) is 4.03. The van der Waals surface area contributed by atoms with Crippen molar-refractivity contribution >= 4 is 16.6 Å². The van der Waals surface area contributed by atoms with Crippen molar-refractivity contribution < 1.29 is 13.2 Å². The second-order valence-electron chi connectivity index (χ2n) is 6.64. The third-order valence-electron chi connectivity index (χ3n) is 4.58. The number of hydrogen-bond acceptors (Lipinski definition) is 3. The standard InChI is InChI=1S/C19H23F3N4/c1-2-3-4-11-8-17-16(9-14(11)20)25-19(26(17)13-5-6-13)12(10-23)7-15(24)18(21)22/h7-10,13,18H,2-6,23-24H2,1H3/b12-10+,15-7-. The van der Waals surface area contributed by atoms with Crippen molar-refractivity contribution in [2.75, 3.05) is 0 Å². The topological polar surface area (TPSA) is 69.9 Å². The molecule has 0 radical (unpaired) electrons. The summed E-state index contributed by atoms with van der Waals surface area (Å²) in [5.41, 5.74) is 12.7.